The van der Waals surface area contributed by atoms with Gasteiger partial charge in [0.1, 0.15) is 0 Å². The SMILES string of the molecule is CCn1c2ccccc2c2cc(NC(=O)C[n+]3cccc(C)c3C)ccc21. The normalized spacial score (nSPS) is 11.2. The Labute approximate surface area is 159 Å². The zero-order valence-electron chi connectivity index (χ0n) is 16.0. The highest BCUT2D eigenvalue weighted by Gasteiger charge is 2.15. The molecule has 0 saturated heterocycles. The fourth-order valence-corrected chi connectivity index (χ4v) is 3.75. The third kappa shape index (κ3) is 3.08. The molecule has 0 spiro atoms. The summed E-state index contributed by atoms with van der Waals surface area (Å²) in [7, 11) is 0. The number of carbonyl (C=O) groups is 1. The largest absolute Gasteiger partial charge is 0.341 e. The van der Waals surface area contributed by atoms with Crippen LogP contribution in [0, 0.1) is 13.8 Å². The molecule has 4 aromatic rings. The summed E-state index contributed by atoms with van der Waals surface area (Å²) in [4.78, 5) is 12.6. The number of fused-ring (bicyclic) bond motifs is 3. The lowest BCUT2D eigenvalue weighted by Crippen LogP contribution is -2.43. The molecule has 2 heterocycles. The molecule has 1 N–H and O–H groups in total. The number of pyridine rings is 1. The molecule has 4 heteroatoms. The van der Waals surface area contributed by atoms with Crippen molar-refractivity contribution in [3.05, 3.63) is 72.1 Å². The minimum atomic E-state index is -0.0210. The van der Waals surface area contributed by atoms with Gasteiger partial charge >= 0.3 is 0 Å². The zero-order valence-corrected chi connectivity index (χ0v) is 16.0. The van der Waals surface area contributed by atoms with Gasteiger partial charge in [0, 0.05) is 52.6 Å². The van der Waals surface area contributed by atoms with Crippen LogP contribution >= 0.6 is 0 Å². The van der Waals surface area contributed by atoms with E-state index in [1.807, 2.05) is 29.8 Å². The quantitative estimate of drug-likeness (QED) is 0.541. The summed E-state index contributed by atoms with van der Waals surface area (Å²) >= 11 is 0. The minimum Gasteiger partial charge on any atom is -0.341 e. The van der Waals surface area contributed by atoms with Crippen LogP contribution in [-0.4, -0.2) is 10.5 Å². The first-order valence-corrected chi connectivity index (χ1v) is 9.35. The third-order valence-electron chi connectivity index (χ3n) is 5.30. The van der Waals surface area contributed by atoms with E-state index in [-0.39, 0.29) is 5.91 Å². The number of para-hydroxylation sites is 1. The lowest BCUT2D eigenvalue weighted by atomic mass is 10.1. The van der Waals surface area contributed by atoms with Crippen molar-refractivity contribution in [2.75, 3.05) is 5.32 Å². The van der Waals surface area contributed by atoms with E-state index in [2.05, 4.69) is 66.2 Å². The van der Waals surface area contributed by atoms with Gasteiger partial charge in [-0.25, -0.2) is 0 Å². The maximum atomic E-state index is 12.6. The fraction of sp³-hybridized carbons (Fsp3) is 0.217. The highest BCUT2D eigenvalue weighted by atomic mass is 16.1. The average molecular weight is 358 g/mol. The summed E-state index contributed by atoms with van der Waals surface area (Å²) in [6, 6.07) is 18.6. The van der Waals surface area contributed by atoms with Gasteiger partial charge in [0.05, 0.1) is 0 Å². The molecule has 136 valence electrons. The Kier molecular flexibility index (Phi) is 4.40. The van der Waals surface area contributed by atoms with Crippen LogP contribution in [0.25, 0.3) is 21.8 Å². The predicted octanol–water partition coefficient (Wildman–Crippen LogP) is 4.36. The van der Waals surface area contributed by atoms with E-state index in [0.717, 1.165) is 17.9 Å². The Hall–Kier alpha value is -3.14. The van der Waals surface area contributed by atoms with Gasteiger partial charge in [-0.2, -0.15) is 4.57 Å². The van der Waals surface area contributed by atoms with Crippen molar-refractivity contribution in [3.63, 3.8) is 0 Å². The standard InChI is InChI=1S/C23H23N3O/c1-4-26-21-10-6-5-9-19(21)20-14-18(11-12-22(20)26)24-23(27)15-25-13-7-8-16(2)17(25)3/h5-14H,4,15H2,1-3H3/p+1. The van der Waals surface area contributed by atoms with Crippen molar-refractivity contribution in [2.24, 2.45) is 0 Å². The highest BCUT2D eigenvalue weighted by molar-refractivity contribution is 6.09. The van der Waals surface area contributed by atoms with Crippen LogP contribution in [0.15, 0.2) is 60.8 Å². The lowest BCUT2D eigenvalue weighted by Gasteiger charge is -2.07. The van der Waals surface area contributed by atoms with Gasteiger partial charge < -0.3 is 9.88 Å². The Bertz CT molecular complexity index is 1160. The molecule has 2 aromatic heterocycles. The summed E-state index contributed by atoms with van der Waals surface area (Å²) in [5, 5.41) is 5.44. The monoisotopic (exact) mass is 358 g/mol. The second-order valence-corrected chi connectivity index (χ2v) is 6.95. The predicted molar refractivity (Wildman–Crippen MR) is 110 cm³/mol. The molecule has 2 aromatic carbocycles. The summed E-state index contributed by atoms with van der Waals surface area (Å²) in [5.74, 6) is -0.0210. The topological polar surface area (TPSA) is 37.9 Å². The van der Waals surface area contributed by atoms with Crippen molar-refractivity contribution in [1.82, 2.24) is 4.57 Å². The molecule has 0 aliphatic rings. The Morgan fingerprint density at radius 2 is 1.78 bits per heavy atom. The third-order valence-corrected chi connectivity index (χ3v) is 5.30. The summed E-state index contributed by atoms with van der Waals surface area (Å²) in [6.45, 7) is 7.47. The number of nitrogens with one attached hydrogen (secondary N) is 1. The summed E-state index contributed by atoms with van der Waals surface area (Å²) in [5.41, 5.74) is 5.54. The first-order valence-electron chi connectivity index (χ1n) is 9.35. The van der Waals surface area contributed by atoms with E-state index in [1.165, 1.54) is 27.4 Å². The Balaban J connectivity index is 1.65. The van der Waals surface area contributed by atoms with Crippen molar-refractivity contribution in [3.8, 4) is 0 Å². The molecule has 4 rings (SSSR count). The number of carbonyl (C=O) groups excluding carboxylic acids is 1. The Morgan fingerprint density at radius 3 is 2.59 bits per heavy atom. The summed E-state index contributed by atoms with van der Waals surface area (Å²) in [6.07, 6.45) is 1.94. The molecule has 0 fully saturated rings. The molecule has 27 heavy (non-hydrogen) atoms. The number of hydrogen-bond donors (Lipinski definition) is 1. The molecule has 1 amide bonds. The van der Waals surface area contributed by atoms with Gasteiger partial charge in [-0.05, 0) is 44.2 Å². The molecular weight excluding hydrogens is 334 g/mol. The first-order chi connectivity index (χ1) is 13.1. The van der Waals surface area contributed by atoms with Crippen LogP contribution in [0.4, 0.5) is 5.69 Å². The van der Waals surface area contributed by atoms with Crippen LogP contribution in [0.2, 0.25) is 0 Å². The van der Waals surface area contributed by atoms with Gasteiger partial charge in [0.25, 0.3) is 5.91 Å². The number of aryl methyl sites for hydroxylation is 2. The number of hydrogen-bond acceptors (Lipinski definition) is 1. The lowest BCUT2D eigenvalue weighted by molar-refractivity contribution is -0.690. The van der Waals surface area contributed by atoms with Crippen LogP contribution in [0.3, 0.4) is 0 Å². The maximum Gasteiger partial charge on any atom is 0.290 e. The van der Waals surface area contributed by atoms with Crippen molar-refractivity contribution in [2.45, 2.75) is 33.9 Å². The number of benzene rings is 2. The molecule has 0 saturated carbocycles. The Morgan fingerprint density at radius 1 is 1.00 bits per heavy atom. The van der Waals surface area contributed by atoms with Crippen molar-refractivity contribution >= 4 is 33.4 Å². The van der Waals surface area contributed by atoms with E-state index in [1.54, 1.807) is 0 Å². The molecule has 4 nitrogen and oxygen atoms in total. The van der Waals surface area contributed by atoms with Crippen LogP contribution < -0.4 is 9.88 Å². The van der Waals surface area contributed by atoms with Crippen molar-refractivity contribution in [1.29, 1.82) is 0 Å². The highest BCUT2D eigenvalue weighted by Crippen LogP contribution is 2.30. The minimum absolute atomic E-state index is 0.0210. The number of nitrogens with zero attached hydrogens (tertiary/aromatic N) is 2. The van der Waals surface area contributed by atoms with E-state index in [9.17, 15) is 4.79 Å². The molecular formula is C23H24N3O+. The summed E-state index contributed by atoms with van der Waals surface area (Å²) < 4.78 is 4.29. The van der Waals surface area contributed by atoms with Gasteiger partial charge in [0.2, 0.25) is 6.54 Å². The second-order valence-electron chi connectivity index (χ2n) is 6.95. The number of anilines is 1. The van der Waals surface area contributed by atoms with E-state index >= 15 is 0 Å². The number of amides is 1. The van der Waals surface area contributed by atoms with E-state index < -0.39 is 0 Å². The van der Waals surface area contributed by atoms with Crippen LogP contribution in [0.1, 0.15) is 18.2 Å². The van der Waals surface area contributed by atoms with Gasteiger partial charge in [-0.3, -0.25) is 4.79 Å². The zero-order chi connectivity index (χ0) is 19.0. The fourth-order valence-electron chi connectivity index (χ4n) is 3.75. The van der Waals surface area contributed by atoms with Crippen LogP contribution in [0.5, 0.6) is 0 Å². The maximum absolute atomic E-state index is 12.6. The van der Waals surface area contributed by atoms with Gasteiger partial charge in [-0.15, -0.1) is 0 Å². The second kappa shape index (κ2) is 6.88. The van der Waals surface area contributed by atoms with Gasteiger partial charge in [0.15, 0.2) is 11.9 Å². The molecule has 0 unspecified atom stereocenters. The molecule has 0 radical (unpaired) electrons. The molecule has 0 aliphatic carbocycles. The molecule has 0 bridgehead atoms. The number of aromatic nitrogens is 2. The van der Waals surface area contributed by atoms with Gasteiger partial charge in [-0.1, -0.05) is 18.2 Å². The molecule has 0 aliphatic heterocycles. The van der Waals surface area contributed by atoms with Crippen molar-refractivity contribution < 1.29 is 9.36 Å². The van der Waals surface area contributed by atoms with E-state index in [4.69, 9.17) is 0 Å². The van der Waals surface area contributed by atoms with E-state index in [0.29, 0.717) is 6.54 Å². The number of rotatable bonds is 4. The molecule has 0 atom stereocenters. The van der Waals surface area contributed by atoms with Crippen LogP contribution in [-0.2, 0) is 17.9 Å². The smallest absolute Gasteiger partial charge is 0.290 e. The first kappa shape index (κ1) is 17.3. The average Bonchev–Trinajstić information content (AvgIpc) is 2.98.